The lowest BCUT2D eigenvalue weighted by Gasteiger charge is -2.31. The Morgan fingerprint density at radius 1 is 1.14 bits per heavy atom. The summed E-state index contributed by atoms with van der Waals surface area (Å²) in [6.07, 6.45) is 5.47. The monoisotopic (exact) mass is 392 g/mol. The minimum Gasteiger partial charge on any atom is -0.294 e. The number of fused-ring (bicyclic) bond motifs is 1. The van der Waals surface area contributed by atoms with Crippen molar-refractivity contribution in [1.29, 1.82) is 0 Å². The average Bonchev–Trinajstić information content (AvgIpc) is 2.70. The van der Waals surface area contributed by atoms with Crippen molar-refractivity contribution in [1.82, 2.24) is 14.9 Å². The first-order valence-corrected chi connectivity index (χ1v) is 10.6. The molecular formula is C23H28N4O2. The Morgan fingerprint density at radius 3 is 2.66 bits per heavy atom. The molecule has 1 amide bonds. The predicted octanol–water partition coefficient (Wildman–Crippen LogP) is 3.20. The number of hydrogen-bond donors (Lipinski definition) is 1. The van der Waals surface area contributed by atoms with Gasteiger partial charge < -0.3 is 0 Å². The Morgan fingerprint density at radius 2 is 1.90 bits per heavy atom. The second-order valence-corrected chi connectivity index (χ2v) is 8.19. The van der Waals surface area contributed by atoms with Crippen LogP contribution in [0, 0.1) is 12.8 Å². The van der Waals surface area contributed by atoms with E-state index in [0.29, 0.717) is 36.1 Å². The molecule has 0 saturated carbocycles. The predicted molar refractivity (Wildman–Crippen MR) is 112 cm³/mol. The van der Waals surface area contributed by atoms with E-state index in [1.807, 2.05) is 6.92 Å². The number of carbonyl (C=O) groups excluding carboxylic acids is 2. The van der Waals surface area contributed by atoms with Gasteiger partial charge >= 0.3 is 0 Å². The molecule has 1 N–H and O–H groups in total. The maximum Gasteiger partial charge on any atom is 0.240 e. The Balaban J connectivity index is 1.28. The molecule has 1 fully saturated rings. The molecule has 1 aromatic carbocycles. The number of ketones is 1. The number of rotatable bonds is 5. The third-order valence-electron chi connectivity index (χ3n) is 5.95. The van der Waals surface area contributed by atoms with Crippen LogP contribution in [-0.2, 0) is 17.6 Å². The van der Waals surface area contributed by atoms with Crippen molar-refractivity contribution >= 4 is 17.6 Å². The normalized spacial score (nSPS) is 17.8. The topological polar surface area (TPSA) is 75.2 Å². The van der Waals surface area contributed by atoms with Gasteiger partial charge in [-0.3, -0.25) is 19.8 Å². The molecule has 29 heavy (non-hydrogen) atoms. The van der Waals surface area contributed by atoms with Crippen LogP contribution in [0.5, 0.6) is 0 Å². The van der Waals surface area contributed by atoms with Gasteiger partial charge in [0, 0.05) is 6.42 Å². The summed E-state index contributed by atoms with van der Waals surface area (Å²) in [5.41, 5.74) is 3.47. The Kier molecular flexibility index (Phi) is 6.00. The van der Waals surface area contributed by atoms with Crippen LogP contribution < -0.4 is 5.32 Å². The third kappa shape index (κ3) is 4.88. The number of aryl methyl sites for hydroxylation is 2. The highest BCUT2D eigenvalue weighted by Gasteiger charge is 2.24. The van der Waals surface area contributed by atoms with Crippen LogP contribution in [0.2, 0.25) is 0 Å². The zero-order chi connectivity index (χ0) is 20.2. The standard InChI is InChI=1S/C23H28N4O2/c1-16-22-19(8-5-9-20(22)28)25-23(24-16)26-21(29)15-27-12-10-18(11-13-27)14-17-6-3-2-4-7-17/h2-4,6-7,18H,5,8-15H2,1H3,(H,24,25,26,29). The van der Waals surface area contributed by atoms with Gasteiger partial charge in [-0.15, -0.1) is 0 Å². The van der Waals surface area contributed by atoms with E-state index in [2.05, 4.69) is 50.5 Å². The molecule has 2 aliphatic rings. The molecule has 1 aromatic heterocycles. The molecule has 6 heteroatoms. The molecule has 6 nitrogen and oxygen atoms in total. The molecule has 1 aliphatic heterocycles. The SMILES string of the molecule is Cc1nc(NC(=O)CN2CCC(Cc3ccccc3)CC2)nc2c1C(=O)CCC2. The first-order chi connectivity index (χ1) is 14.1. The van der Waals surface area contributed by atoms with Gasteiger partial charge in [-0.1, -0.05) is 30.3 Å². The van der Waals surface area contributed by atoms with Crippen molar-refractivity contribution < 1.29 is 9.59 Å². The lowest BCUT2D eigenvalue weighted by atomic mass is 9.90. The smallest absolute Gasteiger partial charge is 0.240 e. The quantitative estimate of drug-likeness (QED) is 0.846. The summed E-state index contributed by atoms with van der Waals surface area (Å²) in [7, 11) is 0. The van der Waals surface area contributed by atoms with E-state index in [-0.39, 0.29) is 11.7 Å². The molecule has 0 bridgehead atoms. The van der Waals surface area contributed by atoms with Crippen LogP contribution in [0.15, 0.2) is 30.3 Å². The van der Waals surface area contributed by atoms with Gasteiger partial charge in [-0.25, -0.2) is 9.97 Å². The van der Waals surface area contributed by atoms with Crippen molar-refractivity contribution in [3.8, 4) is 0 Å². The van der Waals surface area contributed by atoms with Crippen LogP contribution in [0.4, 0.5) is 5.95 Å². The third-order valence-corrected chi connectivity index (χ3v) is 5.95. The molecule has 0 atom stereocenters. The highest BCUT2D eigenvalue weighted by atomic mass is 16.2. The first-order valence-electron chi connectivity index (χ1n) is 10.6. The molecule has 152 valence electrons. The summed E-state index contributed by atoms with van der Waals surface area (Å²) >= 11 is 0. The number of hydrogen-bond acceptors (Lipinski definition) is 5. The summed E-state index contributed by atoms with van der Waals surface area (Å²) in [4.78, 5) is 35.5. The first kappa shape index (κ1) is 19.7. The summed E-state index contributed by atoms with van der Waals surface area (Å²) < 4.78 is 0. The lowest BCUT2D eigenvalue weighted by Crippen LogP contribution is -2.39. The minimum atomic E-state index is -0.0898. The maximum atomic E-state index is 12.5. The molecule has 0 radical (unpaired) electrons. The fourth-order valence-corrected chi connectivity index (χ4v) is 4.44. The van der Waals surface area contributed by atoms with Gasteiger partial charge in [0.15, 0.2) is 5.78 Å². The van der Waals surface area contributed by atoms with Crippen molar-refractivity contribution in [2.75, 3.05) is 25.0 Å². The number of nitrogens with zero attached hydrogens (tertiary/aromatic N) is 3. The molecule has 1 aliphatic carbocycles. The molecular weight excluding hydrogens is 364 g/mol. The second kappa shape index (κ2) is 8.82. The van der Waals surface area contributed by atoms with Gasteiger partial charge in [-0.2, -0.15) is 0 Å². The zero-order valence-corrected chi connectivity index (χ0v) is 17.0. The molecule has 4 rings (SSSR count). The van der Waals surface area contributed by atoms with Gasteiger partial charge in [0.05, 0.1) is 23.5 Å². The van der Waals surface area contributed by atoms with Crippen molar-refractivity contribution in [3.05, 3.63) is 52.8 Å². The van der Waals surface area contributed by atoms with Crippen LogP contribution in [0.25, 0.3) is 0 Å². The Hall–Kier alpha value is -2.60. The van der Waals surface area contributed by atoms with Crippen LogP contribution >= 0.6 is 0 Å². The van der Waals surface area contributed by atoms with E-state index >= 15 is 0 Å². The number of nitrogens with one attached hydrogen (secondary N) is 1. The van der Waals surface area contributed by atoms with Crippen molar-refractivity contribution in [3.63, 3.8) is 0 Å². The maximum absolute atomic E-state index is 12.5. The van der Waals surface area contributed by atoms with E-state index in [1.165, 1.54) is 5.56 Å². The van der Waals surface area contributed by atoms with Crippen molar-refractivity contribution in [2.24, 2.45) is 5.92 Å². The highest BCUT2D eigenvalue weighted by molar-refractivity contribution is 5.99. The molecule has 1 saturated heterocycles. The van der Waals surface area contributed by atoms with Gasteiger partial charge in [0.2, 0.25) is 11.9 Å². The lowest BCUT2D eigenvalue weighted by molar-refractivity contribution is -0.117. The van der Waals surface area contributed by atoms with E-state index in [9.17, 15) is 9.59 Å². The number of piperidine rings is 1. The van der Waals surface area contributed by atoms with E-state index < -0.39 is 0 Å². The minimum absolute atomic E-state index is 0.0898. The van der Waals surface area contributed by atoms with Crippen molar-refractivity contribution in [2.45, 2.75) is 45.4 Å². The van der Waals surface area contributed by atoms with Crippen LogP contribution in [-0.4, -0.2) is 46.2 Å². The molecule has 2 heterocycles. The Labute approximate surface area is 171 Å². The second-order valence-electron chi connectivity index (χ2n) is 8.19. The summed E-state index contributed by atoms with van der Waals surface area (Å²) in [6.45, 7) is 4.04. The number of carbonyl (C=O) groups is 2. The number of benzene rings is 1. The summed E-state index contributed by atoms with van der Waals surface area (Å²) in [5.74, 6) is 1.02. The van der Waals surface area contributed by atoms with Gasteiger partial charge in [0.25, 0.3) is 0 Å². The van der Waals surface area contributed by atoms with Gasteiger partial charge in [0.1, 0.15) is 0 Å². The zero-order valence-electron chi connectivity index (χ0n) is 17.0. The van der Waals surface area contributed by atoms with E-state index in [0.717, 1.165) is 50.9 Å². The fraction of sp³-hybridized carbons (Fsp3) is 0.478. The number of Topliss-reactive ketones (excluding diaryl/α,β-unsaturated/α-hetero) is 1. The average molecular weight is 393 g/mol. The summed E-state index contributed by atoms with van der Waals surface area (Å²) in [6, 6.07) is 10.6. The highest BCUT2D eigenvalue weighted by Crippen LogP contribution is 2.24. The van der Waals surface area contributed by atoms with E-state index in [4.69, 9.17) is 0 Å². The number of anilines is 1. The van der Waals surface area contributed by atoms with Crippen LogP contribution in [0.3, 0.4) is 0 Å². The number of amides is 1. The largest absolute Gasteiger partial charge is 0.294 e. The summed E-state index contributed by atoms with van der Waals surface area (Å²) in [5, 5.41) is 2.83. The Bertz CT molecular complexity index is 889. The number of likely N-dealkylation sites (tertiary alicyclic amines) is 1. The molecule has 2 aromatic rings. The van der Waals surface area contributed by atoms with Gasteiger partial charge in [-0.05, 0) is 63.6 Å². The van der Waals surface area contributed by atoms with E-state index in [1.54, 1.807) is 0 Å². The fourth-order valence-electron chi connectivity index (χ4n) is 4.44. The molecule has 0 unspecified atom stereocenters. The molecule has 0 spiro atoms. The number of aromatic nitrogens is 2. The van der Waals surface area contributed by atoms with Crippen LogP contribution in [0.1, 0.15) is 53.0 Å².